The average molecular weight is 689 g/mol. The molecule has 0 amide bonds. The van der Waals surface area contributed by atoms with Crippen molar-refractivity contribution in [1.82, 2.24) is 5.32 Å². The third-order valence-corrected chi connectivity index (χ3v) is 12.8. The highest BCUT2D eigenvalue weighted by Crippen LogP contribution is 2.66. The van der Waals surface area contributed by atoms with Crippen molar-refractivity contribution in [3.63, 3.8) is 0 Å². The standard InChI is InChI=1S/C47H36N4S/c1-28(49-46(29-14-4-2-5-15-29)47-45(48)35-20-10-11-25-40(35)52-47)50-36-23-12-21-33-31-18-8-9-19-32(31)34-22-13-24-37-42(34)44-39(27-26-38(50)43(44)41(33)36)51(37)30-16-6-3-7-17-30/h2-28,43-44,46,49H,48H2,1H3. The Balaban J connectivity index is 1.12. The van der Waals surface area contributed by atoms with Crippen molar-refractivity contribution in [2.75, 3.05) is 15.5 Å². The number of para-hydroxylation sites is 1. The number of rotatable bonds is 6. The quantitative estimate of drug-likeness (QED) is 0.183. The molecule has 0 radical (unpaired) electrons. The van der Waals surface area contributed by atoms with Crippen LogP contribution in [0.25, 0.3) is 32.3 Å². The van der Waals surface area contributed by atoms with Gasteiger partial charge in [0.15, 0.2) is 0 Å². The lowest BCUT2D eigenvalue weighted by atomic mass is 9.71. The van der Waals surface area contributed by atoms with Crippen LogP contribution in [-0.4, -0.2) is 6.17 Å². The van der Waals surface area contributed by atoms with Crippen LogP contribution >= 0.6 is 11.3 Å². The van der Waals surface area contributed by atoms with E-state index in [-0.39, 0.29) is 24.0 Å². The van der Waals surface area contributed by atoms with Crippen LogP contribution in [0.4, 0.5) is 22.7 Å². The summed E-state index contributed by atoms with van der Waals surface area (Å²) in [5.74, 6) is 0.321. The van der Waals surface area contributed by atoms with E-state index >= 15 is 0 Å². The van der Waals surface area contributed by atoms with Crippen LogP contribution in [0.15, 0.2) is 169 Å². The van der Waals surface area contributed by atoms with Crippen molar-refractivity contribution in [3.05, 3.63) is 191 Å². The van der Waals surface area contributed by atoms with E-state index in [1.807, 2.05) is 0 Å². The number of thiophene rings is 1. The summed E-state index contributed by atoms with van der Waals surface area (Å²) in [6, 6.07) is 52.9. The van der Waals surface area contributed by atoms with Gasteiger partial charge in [0, 0.05) is 44.7 Å². The first-order valence-electron chi connectivity index (χ1n) is 18.2. The number of nitrogens with one attached hydrogen (secondary N) is 1. The van der Waals surface area contributed by atoms with Gasteiger partial charge in [0.05, 0.1) is 28.5 Å². The highest BCUT2D eigenvalue weighted by molar-refractivity contribution is 7.19. The fourth-order valence-corrected chi connectivity index (χ4v) is 10.8. The molecule has 11 rings (SSSR count). The Kier molecular flexibility index (Phi) is 6.48. The molecule has 4 unspecified atom stereocenters. The lowest BCUT2D eigenvalue weighted by molar-refractivity contribution is 0.494. The zero-order valence-corrected chi connectivity index (χ0v) is 29.5. The number of anilines is 4. The number of nitrogens with zero attached hydrogens (tertiary/aromatic N) is 2. The van der Waals surface area contributed by atoms with E-state index in [4.69, 9.17) is 5.73 Å². The Morgan fingerprint density at radius 3 is 1.90 bits per heavy atom. The molecule has 0 saturated carbocycles. The molecule has 6 aromatic carbocycles. The van der Waals surface area contributed by atoms with E-state index in [0.29, 0.717) is 0 Å². The molecule has 4 aliphatic rings. The van der Waals surface area contributed by atoms with Gasteiger partial charge >= 0.3 is 0 Å². The average Bonchev–Trinajstić information content (AvgIpc) is 3.84. The summed E-state index contributed by atoms with van der Waals surface area (Å²) in [5, 5.41) is 5.26. The van der Waals surface area contributed by atoms with Crippen molar-refractivity contribution in [2.24, 2.45) is 0 Å². The fraction of sp³-hybridized carbons (Fsp3) is 0.106. The minimum absolute atomic E-state index is 0.0487. The second kappa shape index (κ2) is 11.3. The first kappa shape index (κ1) is 29.8. The molecule has 3 heterocycles. The molecule has 0 saturated heterocycles. The maximum absolute atomic E-state index is 6.98. The van der Waals surface area contributed by atoms with E-state index in [1.165, 1.54) is 72.1 Å². The highest BCUT2D eigenvalue weighted by atomic mass is 32.1. The normalized spacial score (nSPS) is 18.6. The summed E-state index contributed by atoms with van der Waals surface area (Å²) in [6.45, 7) is 2.32. The fourth-order valence-electron chi connectivity index (χ4n) is 9.54. The molecule has 52 heavy (non-hydrogen) atoms. The topological polar surface area (TPSA) is 44.5 Å². The first-order chi connectivity index (χ1) is 25.7. The number of allylic oxidation sites excluding steroid dienone is 4. The number of nitrogens with two attached hydrogens (primary N) is 1. The molecule has 1 aromatic heterocycles. The van der Waals surface area contributed by atoms with Crippen molar-refractivity contribution in [2.45, 2.75) is 31.0 Å². The summed E-state index contributed by atoms with van der Waals surface area (Å²) >= 11 is 1.79. The summed E-state index contributed by atoms with van der Waals surface area (Å²) in [7, 11) is 0. The third-order valence-electron chi connectivity index (χ3n) is 11.6. The molecule has 0 spiro atoms. The number of hydrogen-bond acceptors (Lipinski definition) is 5. The molecule has 5 heteroatoms. The Morgan fingerprint density at radius 2 is 1.17 bits per heavy atom. The van der Waals surface area contributed by atoms with E-state index in [2.05, 4.69) is 180 Å². The number of nitrogen functional groups attached to an aromatic ring is 1. The van der Waals surface area contributed by atoms with Crippen LogP contribution in [0, 0.1) is 0 Å². The number of benzene rings is 6. The molecule has 4 atom stereocenters. The van der Waals surface area contributed by atoms with Gasteiger partial charge in [0.2, 0.25) is 0 Å². The number of fused-ring (bicyclic) bond motifs is 4. The zero-order valence-electron chi connectivity index (χ0n) is 28.7. The van der Waals surface area contributed by atoms with Gasteiger partial charge in [-0.3, -0.25) is 5.32 Å². The van der Waals surface area contributed by atoms with Crippen LogP contribution in [-0.2, 0) is 0 Å². The highest BCUT2D eigenvalue weighted by Gasteiger charge is 2.51. The van der Waals surface area contributed by atoms with Gasteiger partial charge in [-0.25, -0.2) is 0 Å². The molecule has 0 bridgehead atoms. The van der Waals surface area contributed by atoms with E-state index in [9.17, 15) is 0 Å². The van der Waals surface area contributed by atoms with Crippen molar-refractivity contribution >= 4 is 44.2 Å². The van der Waals surface area contributed by atoms with Gasteiger partial charge in [-0.2, -0.15) is 0 Å². The van der Waals surface area contributed by atoms with Crippen LogP contribution < -0.4 is 20.9 Å². The molecular formula is C47H36N4S. The number of hydrogen-bond donors (Lipinski definition) is 2. The molecular weight excluding hydrogens is 653 g/mol. The van der Waals surface area contributed by atoms with Crippen LogP contribution in [0.5, 0.6) is 0 Å². The largest absolute Gasteiger partial charge is 0.397 e. The molecule has 250 valence electrons. The lowest BCUT2D eigenvalue weighted by Gasteiger charge is -2.36. The van der Waals surface area contributed by atoms with Crippen LogP contribution in [0.3, 0.4) is 0 Å². The lowest BCUT2D eigenvalue weighted by Crippen LogP contribution is -2.44. The van der Waals surface area contributed by atoms with Crippen molar-refractivity contribution in [1.29, 1.82) is 0 Å². The molecule has 2 aliphatic heterocycles. The summed E-state index contributed by atoms with van der Waals surface area (Å²) < 4.78 is 1.21. The summed E-state index contributed by atoms with van der Waals surface area (Å²) in [5.41, 5.74) is 23.5. The monoisotopic (exact) mass is 688 g/mol. The van der Waals surface area contributed by atoms with Gasteiger partial charge in [-0.05, 0) is 88.4 Å². The predicted octanol–water partition coefficient (Wildman–Crippen LogP) is 11.5. The molecule has 2 aliphatic carbocycles. The second-order valence-corrected chi connectivity index (χ2v) is 15.3. The predicted molar refractivity (Wildman–Crippen MR) is 217 cm³/mol. The van der Waals surface area contributed by atoms with Gasteiger partial charge in [0.1, 0.15) is 0 Å². The van der Waals surface area contributed by atoms with E-state index in [0.717, 1.165) is 16.0 Å². The minimum Gasteiger partial charge on any atom is -0.397 e. The van der Waals surface area contributed by atoms with Gasteiger partial charge < -0.3 is 15.5 Å². The molecule has 7 aromatic rings. The SMILES string of the molecule is CC(NC(c1ccccc1)c1sc2ccccc2c1N)N1C2=CC=C3C4c5c(cccc5N3c3ccccc3)-c3ccccc3-c3cccc1c3C24. The van der Waals surface area contributed by atoms with Gasteiger partial charge in [0.25, 0.3) is 0 Å². The molecule has 0 fully saturated rings. The summed E-state index contributed by atoms with van der Waals surface area (Å²) in [6.07, 6.45) is 4.75. The van der Waals surface area contributed by atoms with Gasteiger partial charge in [-0.1, -0.05) is 115 Å². The Hall–Kier alpha value is -5.88. The first-order valence-corrected chi connectivity index (χ1v) is 19.0. The third kappa shape index (κ3) is 4.12. The van der Waals surface area contributed by atoms with Gasteiger partial charge in [-0.15, -0.1) is 11.3 Å². The molecule has 4 nitrogen and oxygen atoms in total. The van der Waals surface area contributed by atoms with E-state index < -0.39 is 0 Å². The van der Waals surface area contributed by atoms with E-state index in [1.54, 1.807) is 11.3 Å². The Bertz CT molecular complexity index is 2620. The van der Waals surface area contributed by atoms with Crippen molar-refractivity contribution < 1.29 is 0 Å². The Morgan fingerprint density at radius 1 is 0.596 bits per heavy atom. The summed E-state index contributed by atoms with van der Waals surface area (Å²) in [4.78, 5) is 6.24. The maximum Gasteiger partial charge on any atom is 0.0821 e. The maximum atomic E-state index is 6.98. The second-order valence-electron chi connectivity index (χ2n) is 14.3. The zero-order chi connectivity index (χ0) is 34.5. The van der Waals surface area contributed by atoms with Crippen LogP contribution in [0.2, 0.25) is 0 Å². The molecule has 3 N–H and O–H groups in total. The minimum atomic E-state index is -0.0848. The Labute approximate surface area is 307 Å². The van der Waals surface area contributed by atoms with Crippen LogP contribution in [0.1, 0.15) is 46.4 Å². The smallest absolute Gasteiger partial charge is 0.0821 e. The van der Waals surface area contributed by atoms with Crippen molar-refractivity contribution in [3.8, 4) is 22.3 Å².